The smallest absolute Gasteiger partial charge is 0.234 e. The van der Waals surface area contributed by atoms with Gasteiger partial charge in [0.25, 0.3) is 0 Å². The normalized spacial score (nSPS) is 10.2. The van der Waals surface area contributed by atoms with E-state index in [1.54, 1.807) is 0 Å². The summed E-state index contributed by atoms with van der Waals surface area (Å²) in [5.41, 5.74) is 0. The minimum Gasteiger partial charge on any atom is -0.381 e. The molecule has 0 saturated carbocycles. The Labute approximate surface area is 150 Å². The Hall–Kier alpha value is -1.36. The molecular weight excluding hydrogens is 324 g/mol. The van der Waals surface area contributed by atoms with Gasteiger partial charge in [0.05, 0.1) is 13.1 Å². The van der Waals surface area contributed by atoms with Crippen molar-refractivity contribution < 1.29 is 23.8 Å². The molecule has 7 heteroatoms. The Morgan fingerprint density at radius 1 is 0.480 bits per heavy atom. The molecule has 0 radical (unpaired) electrons. The largest absolute Gasteiger partial charge is 0.381 e. The summed E-state index contributed by atoms with van der Waals surface area (Å²) in [4.78, 5) is 26.7. The second kappa shape index (κ2) is 22.6. The molecule has 0 spiro atoms. The van der Waals surface area contributed by atoms with Gasteiger partial charge in [0.2, 0.25) is 12.2 Å². The highest BCUT2D eigenvalue weighted by Crippen LogP contribution is 1.98. The zero-order chi connectivity index (χ0) is 18.3. The van der Waals surface area contributed by atoms with Gasteiger partial charge in [0.1, 0.15) is 0 Å². The molecule has 7 nitrogen and oxygen atoms in total. The summed E-state index contributed by atoms with van der Waals surface area (Å²) in [5.74, 6) is 0. The molecule has 0 N–H and O–H groups in total. The third-order valence-electron chi connectivity index (χ3n) is 3.40. The summed E-state index contributed by atoms with van der Waals surface area (Å²) in [7, 11) is 0. The Kier molecular flexibility index (Phi) is 21.4. The molecule has 0 aliphatic carbocycles. The molecule has 0 atom stereocenters. The van der Waals surface area contributed by atoms with Crippen LogP contribution in [0.4, 0.5) is 0 Å². The monoisotopic (exact) mass is 356 g/mol. The third kappa shape index (κ3) is 22.6. The van der Waals surface area contributed by atoms with Crippen LogP contribution in [0.15, 0.2) is 9.98 Å². The van der Waals surface area contributed by atoms with Gasteiger partial charge in [-0.2, -0.15) is 0 Å². The van der Waals surface area contributed by atoms with E-state index in [0.29, 0.717) is 13.1 Å². The molecule has 0 unspecified atom stereocenters. The molecule has 0 bridgehead atoms. The average Bonchev–Trinajstić information content (AvgIpc) is 2.63. The van der Waals surface area contributed by atoms with Gasteiger partial charge in [-0.25, -0.2) is 19.6 Å². The third-order valence-corrected chi connectivity index (χ3v) is 3.40. The summed E-state index contributed by atoms with van der Waals surface area (Å²) in [6, 6.07) is 0. The van der Waals surface area contributed by atoms with Crippen molar-refractivity contribution >= 4 is 12.2 Å². The molecule has 0 amide bonds. The number of isocyanates is 2. The maximum absolute atomic E-state index is 9.85. The highest BCUT2D eigenvalue weighted by atomic mass is 16.5. The van der Waals surface area contributed by atoms with Gasteiger partial charge in [-0.3, -0.25) is 0 Å². The first-order chi connectivity index (χ1) is 12.4. The van der Waals surface area contributed by atoms with Crippen molar-refractivity contribution in [1.82, 2.24) is 0 Å². The minimum atomic E-state index is 0.544. The van der Waals surface area contributed by atoms with Crippen molar-refractivity contribution in [2.75, 3.05) is 52.7 Å². The number of aliphatic imine (C=N–C) groups is 2. The molecule has 0 fully saturated rings. The topological polar surface area (TPSA) is 86.6 Å². The summed E-state index contributed by atoms with van der Waals surface area (Å²) < 4.78 is 16.5. The van der Waals surface area contributed by atoms with Crippen molar-refractivity contribution in [2.24, 2.45) is 9.98 Å². The van der Waals surface area contributed by atoms with Crippen LogP contribution in [0.5, 0.6) is 0 Å². The molecule has 0 aliphatic heterocycles. The van der Waals surface area contributed by atoms with Gasteiger partial charge in [-0.1, -0.05) is 0 Å². The molecule has 0 aromatic carbocycles. The minimum absolute atomic E-state index is 0.544. The quantitative estimate of drug-likeness (QED) is 0.190. The molecule has 0 aromatic heterocycles. The SMILES string of the molecule is O=C=NCCCCOCCCCOCCCCOCCCCN=C=O. The van der Waals surface area contributed by atoms with E-state index in [0.717, 1.165) is 91.0 Å². The fraction of sp³-hybridized carbons (Fsp3) is 0.889. The van der Waals surface area contributed by atoms with Gasteiger partial charge in [-0.15, -0.1) is 0 Å². The van der Waals surface area contributed by atoms with E-state index in [1.165, 1.54) is 12.2 Å². The summed E-state index contributed by atoms with van der Waals surface area (Å²) in [6.45, 7) is 5.59. The molecule has 25 heavy (non-hydrogen) atoms. The van der Waals surface area contributed by atoms with Gasteiger partial charge >= 0.3 is 0 Å². The lowest BCUT2D eigenvalue weighted by Crippen LogP contribution is -2.03. The molecule has 0 saturated heterocycles. The van der Waals surface area contributed by atoms with Crippen LogP contribution in [-0.4, -0.2) is 64.9 Å². The maximum Gasteiger partial charge on any atom is 0.234 e. The van der Waals surface area contributed by atoms with Crippen LogP contribution in [0, 0.1) is 0 Å². The number of ether oxygens (including phenoxy) is 3. The van der Waals surface area contributed by atoms with E-state index in [-0.39, 0.29) is 0 Å². The molecule has 0 heterocycles. The molecule has 144 valence electrons. The van der Waals surface area contributed by atoms with Crippen LogP contribution in [0.3, 0.4) is 0 Å². The van der Waals surface area contributed by atoms with E-state index < -0.39 is 0 Å². The predicted molar refractivity (Wildman–Crippen MR) is 95.4 cm³/mol. The zero-order valence-corrected chi connectivity index (χ0v) is 15.2. The maximum atomic E-state index is 9.85. The lowest BCUT2D eigenvalue weighted by Gasteiger charge is -2.06. The van der Waals surface area contributed by atoms with E-state index in [9.17, 15) is 9.59 Å². The number of unbranched alkanes of at least 4 members (excludes halogenated alkanes) is 4. The molecule has 0 aliphatic rings. The first-order valence-corrected chi connectivity index (χ1v) is 9.22. The fourth-order valence-corrected chi connectivity index (χ4v) is 2.00. The van der Waals surface area contributed by atoms with E-state index >= 15 is 0 Å². The molecular formula is C18H32N2O5. The number of nitrogens with zero attached hydrogens (tertiary/aromatic N) is 2. The highest BCUT2D eigenvalue weighted by Gasteiger charge is 1.94. The number of carbonyl (C=O) groups excluding carboxylic acids is 2. The fourth-order valence-electron chi connectivity index (χ4n) is 2.00. The number of hydrogen-bond donors (Lipinski definition) is 0. The molecule has 0 rings (SSSR count). The van der Waals surface area contributed by atoms with Crippen LogP contribution in [0.2, 0.25) is 0 Å². The standard InChI is InChI=1S/C18H32N2O5/c21-17-19-9-1-3-11-23-13-5-7-15-25-16-8-6-14-24-12-4-2-10-20-18-22/h1-16H2. The van der Waals surface area contributed by atoms with Crippen molar-refractivity contribution in [2.45, 2.75) is 51.4 Å². The Bertz CT molecular complexity index is 332. The predicted octanol–water partition coefficient (Wildman–Crippen LogP) is 2.83. The van der Waals surface area contributed by atoms with Crippen LogP contribution in [-0.2, 0) is 23.8 Å². The van der Waals surface area contributed by atoms with Crippen LogP contribution in [0.25, 0.3) is 0 Å². The van der Waals surface area contributed by atoms with Crippen molar-refractivity contribution in [3.63, 3.8) is 0 Å². The number of hydrogen-bond acceptors (Lipinski definition) is 7. The highest BCUT2D eigenvalue weighted by molar-refractivity contribution is 5.32. The lowest BCUT2D eigenvalue weighted by molar-refractivity contribution is 0.0894. The van der Waals surface area contributed by atoms with Crippen molar-refractivity contribution in [1.29, 1.82) is 0 Å². The van der Waals surface area contributed by atoms with E-state index in [4.69, 9.17) is 14.2 Å². The van der Waals surface area contributed by atoms with Gasteiger partial charge in [0, 0.05) is 39.6 Å². The van der Waals surface area contributed by atoms with Crippen LogP contribution in [0.1, 0.15) is 51.4 Å². The van der Waals surface area contributed by atoms with Crippen molar-refractivity contribution in [3.8, 4) is 0 Å². The van der Waals surface area contributed by atoms with E-state index in [1.807, 2.05) is 0 Å². The first kappa shape index (κ1) is 23.6. The Balaban J connectivity index is 3.00. The second-order valence-corrected chi connectivity index (χ2v) is 5.61. The van der Waals surface area contributed by atoms with Crippen molar-refractivity contribution in [3.05, 3.63) is 0 Å². The Morgan fingerprint density at radius 3 is 1.04 bits per heavy atom. The second-order valence-electron chi connectivity index (χ2n) is 5.61. The van der Waals surface area contributed by atoms with Gasteiger partial charge in [-0.05, 0) is 51.4 Å². The Morgan fingerprint density at radius 2 is 0.760 bits per heavy atom. The number of rotatable bonds is 20. The lowest BCUT2D eigenvalue weighted by atomic mass is 10.3. The van der Waals surface area contributed by atoms with Crippen LogP contribution >= 0.6 is 0 Å². The van der Waals surface area contributed by atoms with Gasteiger partial charge in [0.15, 0.2) is 0 Å². The summed E-state index contributed by atoms with van der Waals surface area (Å²) in [6.07, 6.45) is 10.7. The summed E-state index contributed by atoms with van der Waals surface area (Å²) in [5, 5.41) is 0. The zero-order valence-electron chi connectivity index (χ0n) is 15.2. The molecule has 0 aromatic rings. The first-order valence-electron chi connectivity index (χ1n) is 9.22. The summed E-state index contributed by atoms with van der Waals surface area (Å²) >= 11 is 0. The van der Waals surface area contributed by atoms with E-state index in [2.05, 4.69) is 9.98 Å². The average molecular weight is 356 g/mol. The van der Waals surface area contributed by atoms with Crippen LogP contribution < -0.4 is 0 Å². The van der Waals surface area contributed by atoms with Gasteiger partial charge < -0.3 is 14.2 Å².